The van der Waals surface area contributed by atoms with Crippen molar-refractivity contribution in [3.63, 3.8) is 0 Å². The maximum absolute atomic E-state index is 11.6. The summed E-state index contributed by atoms with van der Waals surface area (Å²) in [5, 5.41) is 0. The largest absolute Gasteiger partial charge is 1.00 e. The Morgan fingerprint density at radius 3 is 2.05 bits per heavy atom. The van der Waals surface area contributed by atoms with Crippen molar-refractivity contribution in [1.29, 1.82) is 0 Å². The molecule has 114 valence electrons. The fourth-order valence-corrected chi connectivity index (χ4v) is 2.81. The van der Waals surface area contributed by atoms with Crippen LogP contribution >= 0.6 is 8.60 Å². The molecule has 0 spiro atoms. The molecule has 0 radical (unpaired) electrons. The molecule has 3 N–H and O–H groups in total. The van der Waals surface area contributed by atoms with Gasteiger partial charge in [0.25, 0.3) is 0 Å². The molecule has 6 heteroatoms. The van der Waals surface area contributed by atoms with Crippen LogP contribution in [0.25, 0.3) is 0 Å². The molecule has 0 saturated heterocycles. The van der Waals surface area contributed by atoms with E-state index < -0.39 is 14.0 Å². The second-order valence-corrected chi connectivity index (χ2v) is 5.61. The van der Waals surface area contributed by atoms with E-state index in [4.69, 9.17) is 14.7 Å². The summed E-state index contributed by atoms with van der Waals surface area (Å²) in [4.78, 5) is 33.3. The van der Waals surface area contributed by atoms with Crippen molar-refractivity contribution >= 4 is 14.9 Å². The van der Waals surface area contributed by atoms with E-state index in [1.165, 1.54) is 5.57 Å². The fraction of sp³-hybridized carbons (Fsp3) is 0.312. The average molecular weight is 314 g/mol. The maximum Gasteiger partial charge on any atom is 1.00 e. The number of hydrogen-bond acceptors (Lipinski definition) is 4. The Kier molecular flexibility index (Phi) is 9.11. The summed E-state index contributed by atoms with van der Waals surface area (Å²) in [7, 11) is -2.62. The molecule has 0 heterocycles. The summed E-state index contributed by atoms with van der Waals surface area (Å²) in [5.41, 5.74) is 2.71. The Hall–Kier alpha value is -0.723. The second kappa shape index (κ2) is 9.42. The van der Waals surface area contributed by atoms with Gasteiger partial charge in [0.1, 0.15) is 0 Å². The minimum absolute atomic E-state index is 0. The van der Waals surface area contributed by atoms with E-state index in [0.29, 0.717) is 0 Å². The van der Waals surface area contributed by atoms with Crippen LogP contribution < -0.4 is 18.9 Å². The molecule has 1 aromatic carbocycles. The first-order chi connectivity index (χ1) is 9.84. The van der Waals surface area contributed by atoms with Crippen molar-refractivity contribution < 1.29 is 38.3 Å². The molecule has 1 aliphatic rings. The molecule has 0 amide bonds. The predicted molar refractivity (Wildman–Crippen MR) is 84.1 cm³/mol. The third-order valence-electron chi connectivity index (χ3n) is 3.65. The van der Waals surface area contributed by atoms with Gasteiger partial charge in [-0.3, -0.25) is 0 Å². The first kappa shape index (κ1) is 21.3. The molecule has 2 rings (SSSR count). The number of allylic oxidation sites excluding steroid dienone is 4. The van der Waals surface area contributed by atoms with Gasteiger partial charge in [0.2, 0.25) is 0 Å². The molecular weight excluding hydrogens is 294 g/mol. The molecule has 2 atom stereocenters. The Morgan fingerprint density at radius 2 is 1.64 bits per heavy atom. The molecular formula is C16H20LiO4P. The first-order valence-electron chi connectivity index (χ1n) is 6.53. The molecule has 0 fully saturated rings. The van der Waals surface area contributed by atoms with E-state index in [0.717, 1.165) is 11.1 Å². The van der Waals surface area contributed by atoms with E-state index >= 15 is 0 Å². The Labute approximate surface area is 144 Å². The van der Waals surface area contributed by atoms with Crippen molar-refractivity contribution in [2.24, 2.45) is 5.92 Å². The van der Waals surface area contributed by atoms with Gasteiger partial charge in [-0.05, 0) is 19.8 Å². The topological polar surface area (TPSA) is 77.8 Å². The number of rotatable bonds is 2. The standard InChI is InChI=1S/C16H17O.Li.H3O3P/c1-12-9-13(2)16(11-17,14(3)10-12)15-7-5-4-6-8-15;;1-4(2)3/h4-10,13H,1-3H3;;1-3H/q-1;+1;. The van der Waals surface area contributed by atoms with Crippen LogP contribution in [-0.4, -0.2) is 21.0 Å². The molecule has 0 saturated carbocycles. The monoisotopic (exact) mass is 314 g/mol. The van der Waals surface area contributed by atoms with Gasteiger partial charge in [0, 0.05) is 0 Å². The summed E-state index contributed by atoms with van der Waals surface area (Å²) in [6, 6.07) is 9.93. The maximum atomic E-state index is 11.6. The van der Waals surface area contributed by atoms with Crippen LogP contribution in [0.5, 0.6) is 0 Å². The van der Waals surface area contributed by atoms with Crippen LogP contribution in [0.1, 0.15) is 26.3 Å². The van der Waals surface area contributed by atoms with Crippen molar-refractivity contribution in [1.82, 2.24) is 0 Å². The van der Waals surface area contributed by atoms with Crippen molar-refractivity contribution in [2.45, 2.75) is 26.2 Å². The number of benzene rings is 1. The van der Waals surface area contributed by atoms with Crippen molar-refractivity contribution in [3.8, 4) is 0 Å². The molecule has 0 bridgehead atoms. The summed E-state index contributed by atoms with van der Waals surface area (Å²) in [6.07, 6.45) is 6.52. The van der Waals surface area contributed by atoms with Crippen LogP contribution in [0, 0.1) is 5.92 Å². The zero-order chi connectivity index (χ0) is 16.0. The summed E-state index contributed by atoms with van der Waals surface area (Å²) in [5.74, 6) is 0.146. The van der Waals surface area contributed by atoms with E-state index in [9.17, 15) is 4.79 Å². The molecule has 2 unspecified atom stereocenters. The van der Waals surface area contributed by atoms with E-state index in [-0.39, 0.29) is 24.8 Å². The molecule has 4 nitrogen and oxygen atoms in total. The second-order valence-electron chi connectivity index (χ2n) is 5.07. The van der Waals surface area contributed by atoms with Gasteiger partial charge >= 0.3 is 27.5 Å². The molecule has 0 aliphatic heterocycles. The van der Waals surface area contributed by atoms with E-state index in [1.54, 1.807) is 0 Å². The van der Waals surface area contributed by atoms with Crippen LogP contribution in [0.3, 0.4) is 0 Å². The molecule has 1 aliphatic carbocycles. The van der Waals surface area contributed by atoms with Gasteiger partial charge in [0.15, 0.2) is 0 Å². The van der Waals surface area contributed by atoms with Crippen LogP contribution in [0.15, 0.2) is 53.6 Å². The zero-order valence-corrected chi connectivity index (χ0v) is 14.2. The predicted octanol–water partition coefficient (Wildman–Crippen LogP) is -0.229. The van der Waals surface area contributed by atoms with Crippen molar-refractivity contribution in [3.05, 3.63) is 59.2 Å². The molecule has 0 aromatic heterocycles. The fourth-order valence-electron chi connectivity index (χ4n) is 2.81. The number of hydrogen-bond donors (Lipinski definition) is 3. The van der Waals surface area contributed by atoms with Gasteiger partial charge in [-0.15, -0.1) is 0 Å². The average Bonchev–Trinajstić information content (AvgIpc) is 2.39. The van der Waals surface area contributed by atoms with Crippen LogP contribution in [-0.2, 0) is 10.2 Å². The minimum Gasteiger partial charge on any atom is -0.541 e. The third kappa shape index (κ3) is 4.89. The third-order valence-corrected chi connectivity index (χ3v) is 3.65. The van der Waals surface area contributed by atoms with Crippen LogP contribution in [0.4, 0.5) is 0 Å². The summed E-state index contributed by atoms with van der Waals surface area (Å²) < 4.78 is 0. The van der Waals surface area contributed by atoms with E-state index in [2.05, 4.69) is 32.3 Å². The Balaban J connectivity index is 0.000000791. The first-order valence-corrected chi connectivity index (χ1v) is 7.73. The van der Waals surface area contributed by atoms with Gasteiger partial charge in [0.05, 0.1) is 0 Å². The quantitative estimate of drug-likeness (QED) is 0.400. The smallest absolute Gasteiger partial charge is 0.541 e. The van der Waals surface area contributed by atoms with Gasteiger partial charge < -0.3 is 19.5 Å². The summed E-state index contributed by atoms with van der Waals surface area (Å²) in [6.45, 7) is 6.17. The normalized spacial score (nSPS) is 23.5. The zero-order valence-electron chi connectivity index (χ0n) is 13.3. The minimum atomic E-state index is -2.62. The van der Waals surface area contributed by atoms with Gasteiger partial charge in [-0.1, -0.05) is 71.5 Å². The SMILES string of the molecule is CC1=CC(C)C([C-]=O)(c2ccccc2)C(C)=C1.OP(O)O.[Li+]. The van der Waals surface area contributed by atoms with Crippen molar-refractivity contribution in [2.75, 3.05) is 0 Å². The molecule has 1 aromatic rings. The summed E-state index contributed by atoms with van der Waals surface area (Å²) >= 11 is 0. The Morgan fingerprint density at radius 1 is 1.14 bits per heavy atom. The molecule has 22 heavy (non-hydrogen) atoms. The van der Waals surface area contributed by atoms with Gasteiger partial charge in [-0.25, -0.2) is 6.29 Å². The van der Waals surface area contributed by atoms with Crippen LogP contribution in [0.2, 0.25) is 0 Å². The Bertz CT molecular complexity index is 540. The van der Waals surface area contributed by atoms with E-state index in [1.807, 2.05) is 37.3 Å². The number of carbonyl (C=O) groups excluding carboxylic acids is 1. The van der Waals surface area contributed by atoms with Gasteiger partial charge in [-0.2, -0.15) is 0 Å².